The summed E-state index contributed by atoms with van der Waals surface area (Å²) < 4.78 is 5.45. The van der Waals surface area contributed by atoms with Gasteiger partial charge in [0, 0.05) is 51.2 Å². The fraction of sp³-hybridized carbons (Fsp3) is 0.889. The predicted octanol–water partition coefficient (Wildman–Crippen LogP) is 1.29. The number of morpholine rings is 1. The molecule has 0 aliphatic carbocycles. The third-order valence-electron chi connectivity index (χ3n) is 4.37. The van der Waals surface area contributed by atoms with Crippen molar-refractivity contribution < 1.29 is 9.53 Å². The second kappa shape index (κ2) is 12.7. The number of carbonyl (C=O) groups is 1. The van der Waals surface area contributed by atoms with Crippen LogP contribution in [-0.2, 0) is 9.53 Å². The smallest absolute Gasteiger partial charge is 0.225 e. The van der Waals surface area contributed by atoms with E-state index >= 15 is 0 Å². The predicted molar refractivity (Wildman–Crippen MR) is 118 cm³/mol. The molecule has 0 saturated carbocycles. The van der Waals surface area contributed by atoms with Crippen LogP contribution in [0.2, 0.25) is 0 Å². The maximum atomic E-state index is 11.8. The Bertz CT molecular complexity index is 432. The highest BCUT2D eigenvalue weighted by atomic mass is 127. The Balaban J connectivity index is 0.00000625. The summed E-state index contributed by atoms with van der Waals surface area (Å²) in [5.41, 5.74) is -0.359. The first-order valence-corrected chi connectivity index (χ1v) is 9.30. The molecule has 1 heterocycles. The number of nitrogens with one attached hydrogen (secondary N) is 3. The minimum Gasteiger partial charge on any atom is -0.379 e. The van der Waals surface area contributed by atoms with Crippen molar-refractivity contribution in [1.82, 2.24) is 20.9 Å². The number of aliphatic imine (C=N–C) groups is 1. The molecule has 0 bridgehead atoms. The van der Waals surface area contributed by atoms with Gasteiger partial charge in [-0.1, -0.05) is 34.6 Å². The van der Waals surface area contributed by atoms with E-state index in [1.165, 1.54) is 0 Å². The highest BCUT2D eigenvalue weighted by Crippen LogP contribution is 2.12. The SMILES string of the molecule is CN=C(NCCNC(=O)C(C)(C)C)NCC(C(C)C)N1CCOCC1.I. The van der Waals surface area contributed by atoms with Crippen molar-refractivity contribution in [3.05, 3.63) is 0 Å². The third-order valence-corrected chi connectivity index (χ3v) is 4.37. The van der Waals surface area contributed by atoms with Gasteiger partial charge in [-0.25, -0.2) is 0 Å². The van der Waals surface area contributed by atoms with E-state index in [0.29, 0.717) is 25.0 Å². The largest absolute Gasteiger partial charge is 0.379 e. The summed E-state index contributed by atoms with van der Waals surface area (Å²) in [6, 6.07) is 0.447. The molecule has 1 fully saturated rings. The first-order chi connectivity index (χ1) is 11.8. The molecule has 1 atom stereocenters. The monoisotopic (exact) mass is 483 g/mol. The van der Waals surface area contributed by atoms with Gasteiger partial charge in [-0.2, -0.15) is 0 Å². The molecule has 1 rings (SSSR count). The van der Waals surface area contributed by atoms with Crippen LogP contribution < -0.4 is 16.0 Å². The van der Waals surface area contributed by atoms with E-state index in [2.05, 4.69) is 39.7 Å². The molecule has 154 valence electrons. The molecule has 26 heavy (non-hydrogen) atoms. The maximum absolute atomic E-state index is 11.8. The fourth-order valence-corrected chi connectivity index (χ4v) is 2.74. The van der Waals surface area contributed by atoms with E-state index < -0.39 is 0 Å². The van der Waals surface area contributed by atoms with Gasteiger partial charge in [-0.15, -0.1) is 24.0 Å². The van der Waals surface area contributed by atoms with Gasteiger partial charge in [0.2, 0.25) is 5.91 Å². The molecule has 0 aromatic heterocycles. The zero-order valence-electron chi connectivity index (χ0n) is 17.2. The van der Waals surface area contributed by atoms with Crippen LogP contribution in [0.1, 0.15) is 34.6 Å². The molecule has 1 aliphatic rings. The quantitative estimate of drug-likeness (QED) is 0.220. The summed E-state index contributed by atoms with van der Waals surface area (Å²) in [6.07, 6.45) is 0. The molecule has 1 aliphatic heterocycles. The Kier molecular flexibility index (Phi) is 12.4. The van der Waals surface area contributed by atoms with Crippen LogP contribution in [0.25, 0.3) is 0 Å². The number of carbonyl (C=O) groups excluding carboxylic acids is 1. The minimum atomic E-state index is -0.359. The Labute approximate surface area is 176 Å². The van der Waals surface area contributed by atoms with Crippen LogP contribution in [0.15, 0.2) is 4.99 Å². The van der Waals surface area contributed by atoms with Crippen molar-refractivity contribution in [3.8, 4) is 0 Å². The van der Waals surface area contributed by atoms with E-state index in [9.17, 15) is 4.79 Å². The van der Waals surface area contributed by atoms with Crippen molar-refractivity contribution in [1.29, 1.82) is 0 Å². The Morgan fingerprint density at radius 2 is 1.69 bits per heavy atom. The van der Waals surface area contributed by atoms with Crippen LogP contribution in [-0.4, -0.2) is 75.8 Å². The summed E-state index contributed by atoms with van der Waals surface area (Å²) in [5, 5.41) is 9.60. The van der Waals surface area contributed by atoms with Gasteiger partial charge >= 0.3 is 0 Å². The summed E-state index contributed by atoms with van der Waals surface area (Å²) >= 11 is 0. The topological polar surface area (TPSA) is 78.0 Å². The van der Waals surface area contributed by atoms with Crippen LogP contribution in [0.5, 0.6) is 0 Å². The summed E-state index contributed by atoms with van der Waals surface area (Å²) in [6.45, 7) is 15.9. The first-order valence-electron chi connectivity index (χ1n) is 9.30. The molecule has 0 aromatic rings. The fourth-order valence-electron chi connectivity index (χ4n) is 2.74. The van der Waals surface area contributed by atoms with Gasteiger partial charge in [0.1, 0.15) is 0 Å². The lowest BCUT2D eigenvalue weighted by Crippen LogP contribution is -2.53. The van der Waals surface area contributed by atoms with E-state index in [1.807, 2.05) is 20.8 Å². The molecule has 3 N–H and O–H groups in total. The third kappa shape index (κ3) is 9.36. The van der Waals surface area contributed by atoms with Crippen LogP contribution in [0, 0.1) is 11.3 Å². The molecule has 8 heteroatoms. The summed E-state index contributed by atoms with van der Waals surface area (Å²) in [5.74, 6) is 1.38. The first kappa shape index (κ1) is 25.4. The lowest BCUT2D eigenvalue weighted by molar-refractivity contribution is -0.128. The van der Waals surface area contributed by atoms with Gasteiger partial charge in [0.15, 0.2) is 5.96 Å². The zero-order valence-corrected chi connectivity index (χ0v) is 19.6. The van der Waals surface area contributed by atoms with Crippen molar-refractivity contribution in [2.75, 3.05) is 53.0 Å². The standard InChI is InChI=1S/C18H37N5O2.HI/c1-14(2)15(23-9-11-25-12-10-23)13-22-17(19-6)21-8-7-20-16(24)18(3,4)5;/h14-15H,7-13H2,1-6H3,(H,20,24)(H2,19,21,22);1H. The van der Waals surface area contributed by atoms with Gasteiger partial charge in [0.05, 0.1) is 13.2 Å². The van der Waals surface area contributed by atoms with E-state index in [4.69, 9.17) is 4.74 Å². The van der Waals surface area contributed by atoms with Gasteiger partial charge in [0.25, 0.3) is 0 Å². The van der Waals surface area contributed by atoms with Crippen LogP contribution in [0.4, 0.5) is 0 Å². The second-order valence-electron chi connectivity index (χ2n) is 7.85. The van der Waals surface area contributed by atoms with Gasteiger partial charge in [-0.05, 0) is 5.92 Å². The zero-order chi connectivity index (χ0) is 18.9. The molecule has 0 aromatic carbocycles. The van der Waals surface area contributed by atoms with Gasteiger partial charge in [-0.3, -0.25) is 14.7 Å². The van der Waals surface area contributed by atoms with E-state index in [1.54, 1.807) is 7.05 Å². The second-order valence-corrected chi connectivity index (χ2v) is 7.85. The van der Waals surface area contributed by atoms with Crippen molar-refractivity contribution >= 4 is 35.8 Å². The minimum absolute atomic E-state index is 0. The van der Waals surface area contributed by atoms with E-state index in [0.717, 1.165) is 38.8 Å². The Morgan fingerprint density at radius 1 is 1.12 bits per heavy atom. The Hall–Kier alpha value is -0.610. The molecule has 1 amide bonds. The van der Waals surface area contributed by atoms with Crippen molar-refractivity contribution in [2.45, 2.75) is 40.7 Å². The average molecular weight is 483 g/mol. The van der Waals surface area contributed by atoms with Crippen molar-refractivity contribution in [3.63, 3.8) is 0 Å². The maximum Gasteiger partial charge on any atom is 0.225 e. The number of hydrogen-bond donors (Lipinski definition) is 3. The summed E-state index contributed by atoms with van der Waals surface area (Å²) in [4.78, 5) is 18.6. The highest BCUT2D eigenvalue weighted by Gasteiger charge is 2.24. The molecular weight excluding hydrogens is 445 g/mol. The lowest BCUT2D eigenvalue weighted by atomic mass is 9.96. The number of halogens is 1. The number of hydrogen-bond acceptors (Lipinski definition) is 4. The van der Waals surface area contributed by atoms with Gasteiger partial charge < -0.3 is 20.7 Å². The van der Waals surface area contributed by atoms with Crippen molar-refractivity contribution in [2.24, 2.45) is 16.3 Å². The normalized spacial score (nSPS) is 17.4. The number of rotatable bonds is 7. The van der Waals surface area contributed by atoms with E-state index in [-0.39, 0.29) is 35.3 Å². The number of ether oxygens (including phenoxy) is 1. The molecule has 7 nitrogen and oxygen atoms in total. The molecular formula is C18H38IN5O2. The molecule has 0 spiro atoms. The highest BCUT2D eigenvalue weighted by molar-refractivity contribution is 14.0. The number of guanidine groups is 1. The molecule has 1 unspecified atom stereocenters. The lowest BCUT2D eigenvalue weighted by Gasteiger charge is -2.37. The number of nitrogens with zero attached hydrogens (tertiary/aromatic N) is 2. The Morgan fingerprint density at radius 3 is 2.19 bits per heavy atom. The van der Waals surface area contributed by atoms with Crippen LogP contribution >= 0.6 is 24.0 Å². The molecule has 1 saturated heterocycles. The van der Waals surface area contributed by atoms with Crippen LogP contribution in [0.3, 0.4) is 0 Å². The average Bonchev–Trinajstić information content (AvgIpc) is 2.56. The summed E-state index contributed by atoms with van der Waals surface area (Å²) in [7, 11) is 1.77. The number of amides is 1. The molecule has 0 radical (unpaired) electrons.